The van der Waals surface area contributed by atoms with Gasteiger partial charge in [0, 0.05) is 17.2 Å². The summed E-state index contributed by atoms with van der Waals surface area (Å²) in [4.78, 5) is 11.6. The fourth-order valence-electron chi connectivity index (χ4n) is 1.87. The Hall–Kier alpha value is -1.75. The van der Waals surface area contributed by atoms with Crippen molar-refractivity contribution in [1.29, 1.82) is 0 Å². The molecule has 1 aliphatic heterocycles. The Kier molecular flexibility index (Phi) is 3.66. The van der Waals surface area contributed by atoms with Crippen LogP contribution in [0.2, 0.25) is 0 Å². The van der Waals surface area contributed by atoms with Gasteiger partial charge in [-0.05, 0) is 32.9 Å². The minimum absolute atomic E-state index is 0.0430. The van der Waals surface area contributed by atoms with Gasteiger partial charge in [0.1, 0.15) is 24.2 Å². The molecule has 0 bridgehead atoms. The Morgan fingerprint density at radius 1 is 1.53 bits per heavy atom. The maximum absolute atomic E-state index is 11.6. The van der Waals surface area contributed by atoms with Crippen molar-refractivity contribution in [3.05, 3.63) is 23.8 Å². The topological polar surface area (TPSA) is 67.8 Å². The zero-order chi connectivity index (χ0) is 14.0. The molecule has 19 heavy (non-hydrogen) atoms. The first-order chi connectivity index (χ1) is 8.85. The third-order valence-corrected chi connectivity index (χ3v) is 2.63. The lowest BCUT2D eigenvalue weighted by Crippen LogP contribution is -2.43. The molecular formula is C14H19NO4. The van der Waals surface area contributed by atoms with Crippen LogP contribution in [0.3, 0.4) is 0 Å². The second-order valence-corrected chi connectivity index (χ2v) is 5.61. The molecule has 0 aromatic heterocycles. The molecule has 5 nitrogen and oxygen atoms in total. The number of amides is 1. The van der Waals surface area contributed by atoms with Crippen LogP contribution in [-0.2, 0) is 4.79 Å². The zero-order valence-electron chi connectivity index (χ0n) is 11.4. The van der Waals surface area contributed by atoms with E-state index in [0.29, 0.717) is 11.5 Å². The van der Waals surface area contributed by atoms with E-state index in [0.717, 1.165) is 5.56 Å². The summed E-state index contributed by atoms with van der Waals surface area (Å²) in [7, 11) is 0. The van der Waals surface area contributed by atoms with Crippen molar-refractivity contribution in [1.82, 2.24) is 5.32 Å². The minimum Gasteiger partial charge on any atom is -0.490 e. The van der Waals surface area contributed by atoms with Crippen LogP contribution < -0.4 is 14.8 Å². The Labute approximate surface area is 112 Å². The molecule has 1 heterocycles. The normalized spacial score (nSPS) is 17.6. The van der Waals surface area contributed by atoms with E-state index in [-0.39, 0.29) is 24.7 Å². The molecule has 0 saturated carbocycles. The third kappa shape index (κ3) is 3.61. The zero-order valence-corrected chi connectivity index (χ0v) is 11.4. The van der Waals surface area contributed by atoms with Crippen molar-refractivity contribution in [2.75, 3.05) is 13.2 Å². The monoisotopic (exact) mass is 265 g/mol. The van der Waals surface area contributed by atoms with Crippen LogP contribution in [-0.4, -0.2) is 29.8 Å². The maximum atomic E-state index is 11.6. The number of rotatable bonds is 3. The van der Waals surface area contributed by atoms with Gasteiger partial charge in [-0.25, -0.2) is 0 Å². The molecule has 1 aromatic carbocycles. The lowest BCUT2D eigenvalue weighted by atomic mass is 10.1. The summed E-state index contributed by atoms with van der Waals surface area (Å²) in [5.74, 6) is 0.993. The number of ether oxygens (including phenoxy) is 2. The number of fused-ring (bicyclic) bond motifs is 1. The van der Waals surface area contributed by atoms with Gasteiger partial charge < -0.3 is 19.9 Å². The van der Waals surface area contributed by atoms with Crippen molar-refractivity contribution in [3.8, 4) is 11.5 Å². The van der Waals surface area contributed by atoms with E-state index < -0.39 is 6.10 Å². The van der Waals surface area contributed by atoms with Gasteiger partial charge in [0.2, 0.25) is 0 Å². The number of carbonyl (C=O) groups excluding carboxylic acids is 1. The molecule has 1 atom stereocenters. The molecule has 2 N–H and O–H groups in total. The SMILES string of the molecule is CC(C)(C)NC(=O)COc1ccc2c(c1)OCC2O. The van der Waals surface area contributed by atoms with Crippen LogP contribution in [0.25, 0.3) is 0 Å². The number of aliphatic hydroxyl groups is 1. The summed E-state index contributed by atoms with van der Waals surface area (Å²) in [6.07, 6.45) is -0.576. The summed E-state index contributed by atoms with van der Waals surface area (Å²) in [6, 6.07) is 5.17. The van der Waals surface area contributed by atoms with Gasteiger partial charge in [-0.3, -0.25) is 4.79 Å². The van der Waals surface area contributed by atoms with Crippen LogP contribution >= 0.6 is 0 Å². The van der Waals surface area contributed by atoms with Crippen LogP contribution in [0.15, 0.2) is 18.2 Å². The van der Waals surface area contributed by atoms with E-state index in [1.54, 1.807) is 18.2 Å². The highest BCUT2D eigenvalue weighted by Crippen LogP contribution is 2.34. The Bertz CT molecular complexity index is 479. The predicted octanol–water partition coefficient (Wildman–Crippen LogP) is 1.41. The fraction of sp³-hybridized carbons (Fsp3) is 0.500. The fourth-order valence-corrected chi connectivity index (χ4v) is 1.87. The number of hydrogen-bond donors (Lipinski definition) is 2. The first-order valence-corrected chi connectivity index (χ1v) is 6.24. The van der Waals surface area contributed by atoms with Gasteiger partial charge in [0.15, 0.2) is 6.61 Å². The van der Waals surface area contributed by atoms with Crippen LogP contribution in [0.1, 0.15) is 32.4 Å². The molecule has 0 radical (unpaired) electrons. The second-order valence-electron chi connectivity index (χ2n) is 5.61. The van der Waals surface area contributed by atoms with Crippen LogP contribution in [0.5, 0.6) is 11.5 Å². The first kappa shape index (κ1) is 13.7. The summed E-state index contributed by atoms with van der Waals surface area (Å²) >= 11 is 0. The molecule has 1 amide bonds. The molecule has 5 heteroatoms. The number of nitrogens with one attached hydrogen (secondary N) is 1. The van der Waals surface area contributed by atoms with E-state index >= 15 is 0 Å². The van der Waals surface area contributed by atoms with Crippen molar-refractivity contribution in [2.24, 2.45) is 0 Å². The quantitative estimate of drug-likeness (QED) is 0.867. The van der Waals surface area contributed by atoms with Gasteiger partial charge in [-0.1, -0.05) is 0 Å². The molecule has 0 aliphatic carbocycles. The summed E-state index contributed by atoms with van der Waals surface area (Å²) in [5, 5.41) is 12.4. The number of carbonyl (C=O) groups is 1. The standard InChI is InChI=1S/C14H19NO4/c1-14(2,3)15-13(17)8-18-9-4-5-10-11(16)7-19-12(10)6-9/h4-6,11,16H,7-8H2,1-3H3,(H,15,17). The second kappa shape index (κ2) is 5.09. The average molecular weight is 265 g/mol. The highest BCUT2D eigenvalue weighted by molar-refractivity contribution is 5.78. The summed E-state index contributed by atoms with van der Waals surface area (Å²) < 4.78 is 10.7. The molecule has 0 spiro atoms. The van der Waals surface area contributed by atoms with Gasteiger partial charge in [-0.2, -0.15) is 0 Å². The van der Waals surface area contributed by atoms with Crippen LogP contribution in [0, 0.1) is 0 Å². The highest BCUT2D eigenvalue weighted by Gasteiger charge is 2.22. The van der Waals surface area contributed by atoms with Crippen molar-refractivity contribution < 1.29 is 19.4 Å². The van der Waals surface area contributed by atoms with E-state index in [9.17, 15) is 9.90 Å². The largest absolute Gasteiger partial charge is 0.490 e. The van der Waals surface area contributed by atoms with E-state index in [1.165, 1.54) is 0 Å². The summed E-state index contributed by atoms with van der Waals surface area (Å²) in [5.41, 5.74) is 0.484. The van der Waals surface area contributed by atoms with Gasteiger partial charge in [-0.15, -0.1) is 0 Å². The van der Waals surface area contributed by atoms with Gasteiger partial charge in [0.05, 0.1) is 0 Å². The molecule has 104 valence electrons. The predicted molar refractivity (Wildman–Crippen MR) is 70.3 cm³/mol. The van der Waals surface area contributed by atoms with Crippen molar-refractivity contribution in [2.45, 2.75) is 32.4 Å². The number of hydrogen-bond acceptors (Lipinski definition) is 4. The lowest BCUT2D eigenvalue weighted by Gasteiger charge is -2.20. The van der Waals surface area contributed by atoms with E-state index in [1.807, 2.05) is 20.8 Å². The Balaban J connectivity index is 1.92. The molecule has 2 rings (SSSR count). The van der Waals surface area contributed by atoms with E-state index in [2.05, 4.69) is 5.32 Å². The maximum Gasteiger partial charge on any atom is 0.258 e. The number of benzene rings is 1. The molecule has 1 aliphatic rings. The molecule has 1 unspecified atom stereocenters. The minimum atomic E-state index is -0.576. The molecule has 0 fully saturated rings. The lowest BCUT2D eigenvalue weighted by molar-refractivity contribution is -0.124. The van der Waals surface area contributed by atoms with Crippen LogP contribution in [0.4, 0.5) is 0 Å². The first-order valence-electron chi connectivity index (χ1n) is 6.24. The molecular weight excluding hydrogens is 246 g/mol. The smallest absolute Gasteiger partial charge is 0.258 e. The van der Waals surface area contributed by atoms with Gasteiger partial charge in [0.25, 0.3) is 5.91 Å². The number of aliphatic hydroxyl groups excluding tert-OH is 1. The third-order valence-electron chi connectivity index (χ3n) is 2.63. The summed E-state index contributed by atoms with van der Waals surface area (Å²) in [6.45, 7) is 5.96. The van der Waals surface area contributed by atoms with E-state index in [4.69, 9.17) is 9.47 Å². The Morgan fingerprint density at radius 3 is 2.95 bits per heavy atom. The molecule has 0 saturated heterocycles. The molecule has 1 aromatic rings. The van der Waals surface area contributed by atoms with Gasteiger partial charge >= 0.3 is 0 Å². The highest BCUT2D eigenvalue weighted by atomic mass is 16.5. The van der Waals surface area contributed by atoms with Crippen molar-refractivity contribution >= 4 is 5.91 Å². The Morgan fingerprint density at radius 2 is 2.26 bits per heavy atom. The van der Waals surface area contributed by atoms with Crippen molar-refractivity contribution in [3.63, 3.8) is 0 Å². The average Bonchev–Trinajstić information content (AvgIpc) is 2.66.